The van der Waals surface area contributed by atoms with Gasteiger partial charge in [-0.2, -0.15) is 0 Å². The number of aromatic nitrogens is 1. The molecule has 11 heteroatoms. The highest BCUT2D eigenvalue weighted by molar-refractivity contribution is 6.16. The molecular weight excluding hydrogens is 653 g/mol. The molecule has 262 valence electrons. The van der Waals surface area contributed by atoms with Gasteiger partial charge in [0.05, 0.1) is 11.6 Å². The molecule has 1 aromatic heterocycles. The number of halogens is 1. The number of allylic oxidation sites excluding steroid dienone is 1. The van der Waals surface area contributed by atoms with Crippen LogP contribution in [-0.4, -0.2) is 63.0 Å². The van der Waals surface area contributed by atoms with E-state index in [0.29, 0.717) is 30.8 Å². The number of rotatable bonds is 9. The molecule has 0 saturated carbocycles. The van der Waals surface area contributed by atoms with Gasteiger partial charge in [0.2, 0.25) is 5.78 Å². The van der Waals surface area contributed by atoms with Crippen molar-refractivity contribution < 1.29 is 38.2 Å². The SMILES string of the molecule is C=CCN1Cc2c(F)c3c(c(OCc4ccccc4)c2C1)C(=O)C1=C(O)[C@]2(O)C(=O)c4c(OCc5ccccc5)noc4[C@@H](N(C)C)[C@@H]2C[C@@H]1C3. The highest BCUT2D eigenvalue weighted by atomic mass is 19.1. The van der Waals surface area contributed by atoms with Gasteiger partial charge in [0, 0.05) is 47.8 Å². The number of ether oxygens (including phenoxy) is 2. The first-order valence-corrected chi connectivity index (χ1v) is 17.1. The number of carbonyl (C=O) groups is 2. The zero-order valence-electron chi connectivity index (χ0n) is 28.4. The number of hydrogen-bond acceptors (Lipinski definition) is 10. The van der Waals surface area contributed by atoms with Crippen molar-refractivity contribution >= 4 is 11.6 Å². The molecule has 3 aliphatic carbocycles. The maximum atomic E-state index is 16.6. The van der Waals surface area contributed by atoms with Crippen LogP contribution in [0.5, 0.6) is 11.6 Å². The number of nitrogens with zero attached hydrogens (tertiary/aromatic N) is 3. The maximum absolute atomic E-state index is 16.6. The molecule has 2 heterocycles. The van der Waals surface area contributed by atoms with E-state index in [0.717, 1.165) is 11.1 Å². The number of fused-ring (bicyclic) bond motifs is 5. The van der Waals surface area contributed by atoms with Gasteiger partial charge in [-0.05, 0) is 49.1 Å². The largest absolute Gasteiger partial charge is 0.508 e. The first-order chi connectivity index (χ1) is 24.6. The summed E-state index contributed by atoms with van der Waals surface area (Å²) in [6.45, 7) is 5.23. The van der Waals surface area contributed by atoms with Gasteiger partial charge in [0.25, 0.3) is 5.88 Å². The summed E-state index contributed by atoms with van der Waals surface area (Å²) in [5, 5.41) is 28.6. The van der Waals surface area contributed by atoms with Crippen molar-refractivity contribution in [1.29, 1.82) is 0 Å². The van der Waals surface area contributed by atoms with Gasteiger partial charge < -0.3 is 24.2 Å². The van der Waals surface area contributed by atoms with Crippen LogP contribution in [0.25, 0.3) is 0 Å². The molecule has 4 aromatic rings. The van der Waals surface area contributed by atoms with Crippen LogP contribution in [0.1, 0.15) is 66.8 Å². The van der Waals surface area contributed by atoms with Crippen LogP contribution in [0.15, 0.2) is 89.2 Å². The minimum absolute atomic E-state index is 0.0208. The van der Waals surface area contributed by atoms with Crippen LogP contribution < -0.4 is 9.47 Å². The van der Waals surface area contributed by atoms with Crippen molar-refractivity contribution in [3.8, 4) is 11.6 Å². The third-order valence-corrected chi connectivity index (χ3v) is 10.8. The fourth-order valence-electron chi connectivity index (χ4n) is 8.47. The monoisotopic (exact) mass is 691 g/mol. The smallest absolute Gasteiger partial charge is 0.265 e. The van der Waals surface area contributed by atoms with Crippen LogP contribution in [0.4, 0.5) is 4.39 Å². The molecule has 4 aliphatic rings. The Balaban J connectivity index is 1.23. The van der Waals surface area contributed by atoms with Crippen LogP contribution >= 0.6 is 0 Å². The van der Waals surface area contributed by atoms with E-state index in [1.165, 1.54) is 0 Å². The van der Waals surface area contributed by atoms with Crippen molar-refractivity contribution in [2.24, 2.45) is 11.8 Å². The second-order valence-corrected chi connectivity index (χ2v) is 14.0. The van der Waals surface area contributed by atoms with Gasteiger partial charge in [-0.25, -0.2) is 4.39 Å². The van der Waals surface area contributed by atoms with Gasteiger partial charge in [-0.1, -0.05) is 66.7 Å². The number of ketones is 2. The number of aliphatic hydroxyl groups is 2. The topological polar surface area (TPSA) is 126 Å². The molecule has 8 rings (SSSR count). The molecule has 0 saturated heterocycles. The minimum atomic E-state index is -2.50. The number of Topliss-reactive ketones (excluding diaryl/α,β-unsaturated/α-hetero) is 2. The predicted molar refractivity (Wildman–Crippen MR) is 184 cm³/mol. The standard InChI is InChI=1S/C40H38FN3O7/c1-4-15-44-18-26-27(19-44)35(49-20-22-11-7-5-8-12-22)30-25(32(26)41)16-24-17-28-33(43(2)3)36-31(38(47)40(28,48)37(46)29(24)34(30)45)39(42-51-36)50-21-23-13-9-6-10-14-23/h4-14,24,28,33,46,48H,1,15-21H2,2-3H3/t24-,28-,33-,40-/m0/s1. The van der Waals surface area contributed by atoms with E-state index in [-0.39, 0.29) is 65.7 Å². The summed E-state index contributed by atoms with van der Waals surface area (Å²) in [6, 6.07) is 18.0. The molecule has 10 nitrogen and oxygen atoms in total. The maximum Gasteiger partial charge on any atom is 0.265 e. The summed E-state index contributed by atoms with van der Waals surface area (Å²) >= 11 is 0. The summed E-state index contributed by atoms with van der Waals surface area (Å²) < 4.78 is 34.7. The van der Waals surface area contributed by atoms with Crippen LogP contribution in [0, 0.1) is 17.7 Å². The highest BCUT2D eigenvalue weighted by Gasteiger charge is 2.64. The normalized spacial score (nSPS) is 23.7. The molecule has 3 aromatic carbocycles. The second kappa shape index (κ2) is 12.6. The number of aliphatic hydroxyl groups excluding tert-OH is 1. The van der Waals surface area contributed by atoms with Crippen molar-refractivity contribution in [3.63, 3.8) is 0 Å². The van der Waals surface area contributed by atoms with Crippen molar-refractivity contribution in [3.05, 3.63) is 135 Å². The van der Waals surface area contributed by atoms with Crippen molar-refractivity contribution in [1.82, 2.24) is 15.0 Å². The molecule has 4 atom stereocenters. The third kappa shape index (κ3) is 5.13. The lowest BCUT2D eigenvalue weighted by molar-refractivity contribution is -0.0559. The predicted octanol–water partition coefficient (Wildman–Crippen LogP) is 5.89. The van der Waals surface area contributed by atoms with Gasteiger partial charge in [0.1, 0.15) is 36.1 Å². The summed E-state index contributed by atoms with van der Waals surface area (Å²) in [5.74, 6) is -4.03. The molecule has 0 unspecified atom stereocenters. The van der Waals surface area contributed by atoms with Crippen LogP contribution in [0.2, 0.25) is 0 Å². The Morgan fingerprint density at radius 3 is 2.29 bits per heavy atom. The third-order valence-electron chi connectivity index (χ3n) is 10.8. The Morgan fingerprint density at radius 1 is 1.00 bits per heavy atom. The fraction of sp³-hybridized carbons (Fsp3) is 0.325. The van der Waals surface area contributed by atoms with Gasteiger partial charge >= 0.3 is 0 Å². The zero-order chi connectivity index (χ0) is 35.6. The lowest BCUT2D eigenvalue weighted by atomic mass is 9.58. The zero-order valence-corrected chi connectivity index (χ0v) is 28.4. The average molecular weight is 692 g/mol. The Bertz CT molecular complexity index is 2090. The Kier molecular flexibility index (Phi) is 8.16. The summed E-state index contributed by atoms with van der Waals surface area (Å²) in [7, 11) is 3.53. The summed E-state index contributed by atoms with van der Waals surface area (Å²) in [5.41, 5.74) is 0.273. The number of carbonyl (C=O) groups excluding carboxylic acids is 2. The molecule has 51 heavy (non-hydrogen) atoms. The quantitative estimate of drug-likeness (QED) is 0.205. The van der Waals surface area contributed by atoms with Crippen LogP contribution in [0.3, 0.4) is 0 Å². The van der Waals surface area contributed by atoms with E-state index in [4.69, 9.17) is 14.0 Å². The molecule has 0 radical (unpaired) electrons. The molecule has 0 amide bonds. The number of hydrogen-bond donors (Lipinski definition) is 2. The molecular formula is C40H38FN3O7. The molecule has 0 bridgehead atoms. The Morgan fingerprint density at radius 2 is 1.65 bits per heavy atom. The van der Waals surface area contributed by atoms with Gasteiger partial charge in [-0.3, -0.25) is 19.4 Å². The summed E-state index contributed by atoms with van der Waals surface area (Å²) in [6.07, 6.45) is 1.91. The van der Waals surface area contributed by atoms with E-state index in [1.807, 2.05) is 65.6 Å². The van der Waals surface area contributed by atoms with Crippen molar-refractivity contribution in [2.75, 3.05) is 20.6 Å². The van der Waals surface area contributed by atoms with E-state index in [1.54, 1.807) is 25.1 Å². The molecule has 1 aliphatic heterocycles. The summed E-state index contributed by atoms with van der Waals surface area (Å²) in [4.78, 5) is 33.0. The molecule has 0 fully saturated rings. The van der Waals surface area contributed by atoms with Gasteiger partial charge in [-0.15, -0.1) is 6.58 Å². The van der Waals surface area contributed by atoms with E-state index < -0.39 is 46.6 Å². The van der Waals surface area contributed by atoms with Gasteiger partial charge in [0.15, 0.2) is 17.1 Å². The fourth-order valence-corrected chi connectivity index (χ4v) is 8.47. The first kappa shape index (κ1) is 33.1. The van der Waals surface area contributed by atoms with E-state index in [9.17, 15) is 19.8 Å². The Labute approximate surface area is 294 Å². The Hall–Kier alpha value is -5.10. The highest BCUT2D eigenvalue weighted by Crippen LogP contribution is 2.57. The second-order valence-electron chi connectivity index (χ2n) is 14.0. The van der Waals surface area contributed by atoms with Crippen LogP contribution in [-0.2, 0) is 32.7 Å². The lowest BCUT2D eigenvalue weighted by Gasteiger charge is -2.49. The van der Waals surface area contributed by atoms with E-state index in [2.05, 4.69) is 11.7 Å². The molecule has 0 spiro atoms. The lowest BCUT2D eigenvalue weighted by Crippen LogP contribution is -2.59. The van der Waals surface area contributed by atoms with Crippen molar-refractivity contribution in [2.45, 2.75) is 50.8 Å². The number of benzene rings is 3. The molecule has 2 N–H and O–H groups in total. The van der Waals surface area contributed by atoms with E-state index >= 15 is 4.39 Å². The average Bonchev–Trinajstić information content (AvgIpc) is 3.75. The first-order valence-electron chi connectivity index (χ1n) is 17.1. The minimum Gasteiger partial charge on any atom is -0.508 e.